The standard InChI is InChI=1S/C16H21N3O2/c1-19(2)6-5-12-9-17-15-4-3-11(8-14(12)15)7-13-10-21-16(20)18-13/h3-4,8-9,13,17H,5-7,10H2,1-2H3,(H,18,20)/t13-/m0/s1/i1D3,2D3,3D,4D,5D2,7D2,8D,9D/hD2. The van der Waals surface area contributed by atoms with Gasteiger partial charge in [-0.15, -0.1) is 0 Å². The van der Waals surface area contributed by atoms with Gasteiger partial charge < -0.3 is 19.9 Å². The van der Waals surface area contributed by atoms with Gasteiger partial charge >= 0.3 is 6.09 Å². The number of amides is 1. The lowest BCUT2D eigenvalue weighted by Gasteiger charge is -2.09. The number of ether oxygens (including phenoxy) is 1. The number of aromatic nitrogens is 1. The highest BCUT2D eigenvalue weighted by Crippen LogP contribution is 2.21. The van der Waals surface area contributed by atoms with E-state index in [4.69, 9.17) is 22.0 Å². The van der Waals surface area contributed by atoms with Gasteiger partial charge in [0.05, 0.1) is 11.5 Å². The number of cyclic esters (lactones) is 1. The highest BCUT2D eigenvalue weighted by atomic mass is 16.6. The van der Waals surface area contributed by atoms with Gasteiger partial charge in [0.2, 0.25) is 0 Å². The molecule has 1 aromatic carbocycles. The molecule has 1 aromatic heterocycles. The van der Waals surface area contributed by atoms with Crippen LogP contribution in [0.5, 0.6) is 0 Å². The number of carbonyl (C=O) groups excluding carboxylic acids is 1. The maximum Gasteiger partial charge on any atom is 0.407 e. The molecular formula is C16H21N3O2. The summed E-state index contributed by atoms with van der Waals surface area (Å²) in [6, 6.07) is -4.40. The molecule has 1 atom stereocenters. The first-order chi connectivity index (χ1) is 16.6. The van der Waals surface area contributed by atoms with Gasteiger partial charge in [0, 0.05) is 37.3 Å². The predicted molar refractivity (Wildman–Crippen MR) is 82.5 cm³/mol. The molecule has 0 radical (unpaired) electrons. The van der Waals surface area contributed by atoms with Crippen molar-refractivity contribution in [1.82, 2.24) is 15.2 Å². The molecule has 0 spiro atoms. The zero-order chi connectivity index (χ0) is 28.6. The van der Waals surface area contributed by atoms with Crippen LogP contribution in [0.25, 0.3) is 10.9 Å². The fraction of sp³-hybridized carbons (Fsp3) is 0.438. The molecule has 0 saturated carbocycles. The zero-order valence-electron chi connectivity index (χ0n) is 26.6. The Morgan fingerprint density at radius 1 is 1.62 bits per heavy atom. The van der Waals surface area contributed by atoms with Gasteiger partial charge in [-0.3, -0.25) is 0 Å². The van der Waals surface area contributed by atoms with Crippen molar-refractivity contribution in [1.29, 1.82) is 0 Å². The van der Waals surface area contributed by atoms with Gasteiger partial charge in [0.25, 0.3) is 0 Å². The third kappa shape index (κ3) is 3.19. The molecule has 1 aliphatic heterocycles. The van der Waals surface area contributed by atoms with E-state index in [-0.39, 0.29) is 15.2 Å². The quantitative estimate of drug-likeness (QED) is 0.887. The molecule has 0 bridgehead atoms. The van der Waals surface area contributed by atoms with Crippen molar-refractivity contribution < 1.29 is 31.5 Å². The van der Waals surface area contributed by atoms with Gasteiger partial charge in [0.15, 0.2) is 2.82 Å². The largest absolute Gasteiger partial charge is 0.447 e. The van der Waals surface area contributed by atoms with Crippen molar-refractivity contribution in [3.05, 3.63) is 35.4 Å². The highest BCUT2D eigenvalue weighted by molar-refractivity contribution is 5.84. The number of hydrogen-bond donors (Lipinski definition) is 2. The smallest absolute Gasteiger partial charge is 0.407 e. The third-order valence-corrected chi connectivity index (χ3v) is 2.67. The molecule has 3 rings (SSSR count). The second-order valence-electron chi connectivity index (χ2n) is 4.20. The van der Waals surface area contributed by atoms with Crippen LogP contribution in [-0.4, -0.2) is 49.1 Å². The van der Waals surface area contributed by atoms with Crippen LogP contribution >= 0.6 is 0 Å². The van der Waals surface area contributed by atoms with E-state index in [0.29, 0.717) is 0 Å². The summed E-state index contributed by atoms with van der Waals surface area (Å²) in [6.45, 7) is -8.61. The second kappa shape index (κ2) is 5.77. The lowest BCUT2D eigenvalue weighted by Crippen LogP contribution is -2.28. The van der Waals surface area contributed by atoms with Crippen molar-refractivity contribution in [2.45, 2.75) is 18.8 Å². The third-order valence-electron chi connectivity index (χ3n) is 2.67. The van der Waals surface area contributed by atoms with Crippen LogP contribution in [0.1, 0.15) is 30.3 Å². The topological polar surface area (TPSA) is 57.4 Å². The Morgan fingerprint density at radius 3 is 3.29 bits per heavy atom. The number of aromatic amines is 1. The molecule has 0 unspecified atom stereocenters. The van der Waals surface area contributed by atoms with Crippen molar-refractivity contribution in [2.24, 2.45) is 0 Å². The molecular weight excluding hydrogens is 266 g/mol. The molecule has 2 N–H and O–H groups in total. The summed E-state index contributed by atoms with van der Waals surface area (Å²) in [7, 11) is 0. The van der Waals surface area contributed by atoms with E-state index in [0.717, 1.165) is 0 Å². The summed E-state index contributed by atoms with van der Waals surface area (Å²) < 4.78 is 133. The van der Waals surface area contributed by atoms with Crippen molar-refractivity contribution in [3.63, 3.8) is 0 Å². The number of alkyl carbamates (subject to hydrolysis) is 1. The Bertz CT molecular complexity index is 1240. The molecule has 2 heterocycles. The lowest BCUT2D eigenvalue weighted by atomic mass is 10.0. The summed E-state index contributed by atoms with van der Waals surface area (Å²) in [5, 5.41) is -0.522. The van der Waals surface area contributed by atoms with Gasteiger partial charge in [-0.05, 0) is 49.9 Å². The Labute approximate surface area is 146 Å². The first-order valence-electron chi connectivity index (χ1n) is 13.8. The molecule has 112 valence electrons. The summed E-state index contributed by atoms with van der Waals surface area (Å²) in [4.78, 5) is 11.7. The maximum absolute atomic E-state index is 11.6. The Balaban J connectivity index is 2.35. The van der Waals surface area contributed by atoms with Crippen LogP contribution in [0.4, 0.5) is 4.79 Å². The molecule has 2 aromatic rings. The Kier molecular flexibility index (Phi) is 1.23. The normalized spacial score (nSPS) is 32.3. The fourth-order valence-corrected chi connectivity index (χ4v) is 1.78. The van der Waals surface area contributed by atoms with Gasteiger partial charge in [-0.2, -0.15) is 0 Å². The van der Waals surface area contributed by atoms with E-state index in [1.807, 2.05) is 0 Å². The summed E-state index contributed by atoms with van der Waals surface area (Å²) in [5.74, 6) is 0. The predicted octanol–water partition coefficient (Wildman–Crippen LogP) is 1.92. The minimum Gasteiger partial charge on any atom is -0.447 e. The number of rotatable bonds is 5. The molecule has 5 heteroatoms. The Morgan fingerprint density at radius 2 is 2.52 bits per heavy atom. The molecule has 1 amide bonds. The van der Waals surface area contributed by atoms with Gasteiger partial charge in [0.1, 0.15) is 6.61 Å². The minimum atomic E-state index is -3.31. The molecule has 21 heavy (non-hydrogen) atoms. The number of benzene rings is 1. The van der Waals surface area contributed by atoms with Crippen molar-refractivity contribution >= 4 is 17.0 Å². The first kappa shape index (κ1) is 4.49. The van der Waals surface area contributed by atoms with E-state index in [1.54, 1.807) is 0 Å². The number of nitrogens with zero attached hydrogens (tertiary/aromatic N) is 1. The summed E-state index contributed by atoms with van der Waals surface area (Å²) in [5.41, 5.74) is -2.33. The lowest BCUT2D eigenvalue weighted by molar-refractivity contribution is 0.177. The van der Waals surface area contributed by atoms with E-state index in [2.05, 4.69) is 4.74 Å². The van der Waals surface area contributed by atoms with Crippen molar-refractivity contribution in [2.75, 3.05) is 27.1 Å². The number of H-pyrrole nitrogens is 1. The average molecular weight is 303 g/mol. The number of nitrogens with one attached hydrogen (secondary N) is 2. The second-order valence-corrected chi connectivity index (χ2v) is 4.20. The van der Waals surface area contributed by atoms with Crippen LogP contribution in [0.2, 0.25) is 2.82 Å². The van der Waals surface area contributed by atoms with Crippen LogP contribution < -0.4 is 5.31 Å². The monoisotopic (exact) mass is 303 g/mol. The molecule has 1 fully saturated rings. The fourth-order valence-electron chi connectivity index (χ4n) is 1.78. The molecule has 0 aliphatic carbocycles. The van der Waals surface area contributed by atoms with E-state index in [9.17, 15) is 4.79 Å². The average Bonchev–Trinajstić information content (AvgIpc) is 3.20. The van der Waals surface area contributed by atoms with Crippen LogP contribution in [0.15, 0.2) is 24.3 Å². The van der Waals surface area contributed by atoms with Crippen molar-refractivity contribution in [3.8, 4) is 0 Å². The summed E-state index contributed by atoms with van der Waals surface area (Å²) >= 11 is 0. The first-order valence-corrected chi connectivity index (χ1v) is 5.94. The minimum absolute atomic E-state index is 0.115. The van der Waals surface area contributed by atoms with Crippen LogP contribution in [0.3, 0.4) is 0 Å². The molecule has 1 aliphatic rings. The number of fused-ring (bicyclic) bond motifs is 1. The van der Waals surface area contributed by atoms with E-state index in [1.165, 1.54) is 0 Å². The van der Waals surface area contributed by atoms with Gasteiger partial charge in [-0.25, -0.2) is 4.79 Å². The van der Waals surface area contributed by atoms with Crippen LogP contribution in [-0.2, 0) is 17.5 Å². The zero-order valence-corrected chi connectivity index (χ0v) is 10.6. The molecule has 1 saturated heterocycles. The number of carbonyl (C=O) groups is 1. The maximum atomic E-state index is 11.6. The van der Waals surface area contributed by atoms with E-state index < -0.39 is 98.3 Å². The highest BCUT2D eigenvalue weighted by Gasteiger charge is 2.22. The van der Waals surface area contributed by atoms with Crippen LogP contribution in [0, 0.1) is 0 Å². The SMILES string of the molecule is [2H]c1c(C([2H])([2H])[C@H]2COC(=O)N2[2H])c([2H])c2c(C([2H])([2H])CN(C([2H])([2H])[2H])C([2H])([2H])[2H])c([2H])n([2H])c2c1[2H]. The van der Waals surface area contributed by atoms with E-state index >= 15 is 0 Å². The number of hydrogen-bond acceptors (Lipinski definition) is 3. The van der Waals surface area contributed by atoms with Gasteiger partial charge in [-0.1, -0.05) is 6.04 Å². The number of likely N-dealkylation sites (N-methyl/N-ethyl adjacent to an activating group) is 1. The summed E-state index contributed by atoms with van der Waals surface area (Å²) in [6.07, 6.45) is -8.08. The Hall–Kier alpha value is -2.01. The molecule has 5 nitrogen and oxygen atoms in total.